The molecule has 9 heteroatoms. The molecule has 8 nitrogen and oxygen atoms in total. The molecule has 0 saturated carbocycles. The number of aromatic nitrogens is 2. The lowest BCUT2D eigenvalue weighted by atomic mass is 10.1. The van der Waals surface area contributed by atoms with Gasteiger partial charge < -0.3 is 5.73 Å². The summed E-state index contributed by atoms with van der Waals surface area (Å²) < 4.78 is 22.0. The van der Waals surface area contributed by atoms with Crippen molar-refractivity contribution in [1.29, 1.82) is 0 Å². The van der Waals surface area contributed by atoms with E-state index in [0.29, 0.717) is 5.82 Å². The SMILES string of the molecule is Nc1cc(N2CC(CS(N)(=O)=O)CC2=O)ncn1. The Morgan fingerprint density at radius 1 is 1.44 bits per heavy atom. The van der Waals surface area contributed by atoms with Crippen LogP contribution in [0.1, 0.15) is 6.42 Å². The molecule has 0 bridgehead atoms. The van der Waals surface area contributed by atoms with E-state index in [2.05, 4.69) is 9.97 Å². The van der Waals surface area contributed by atoms with E-state index in [4.69, 9.17) is 10.9 Å². The number of rotatable bonds is 3. The van der Waals surface area contributed by atoms with E-state index in [-0.39, 0.29) is 36.4 Å². The molecule has 1 saturated heterocycles. The van der Waals surface area contributed by atoms with Crippen molar-refractivity contribution in [3.05, 3.63) is 12.4 Å². The lowest BCUT2D eigenvalue weighted by molar-refractivity contribution is -0.117. The minimum Gasteiger partial charge on any atom is -0.384 e. The van der Waals surface area contributed by atoms with E-state index in [9.17, 15) is 13.2 Å². The Morgan fingerprint density at radius 3 is 2.78 bits per heavy atom. The first-order valence-corrected chi connectivity index (χ1v) is 6.95. The van der Waals surface area contributed by atoms with Crippen molar-refractivity contribution >= 4 is 27.6 Å². The number of hydrogen-bond donors (Lipinski definition) is 2. The van der Waals surface area contributed by atoms with E-state index >= 15 is 0 Å². The Morgan fingerprint density at radius 2 is 2.17 bits per heavy atom. The minimum absolute atomic E-state index is 0.139. The number of nitrogen functional groups attached to an aromatic ring is 1. The van der Waals surface area contributed by atoms with Crippen molar-refractivity contribution in [3.63, 3.8) is 0 Å². The van der Waals surface area contributed by atoms with Crippen molar-refractivity contribution in [2.75, 3.05) is 22.9 Å². The van der Waals surface area contributed by atoms with Gasteiger partial charge in [-0.25, -0.2) is 23.5 Å². The molecule has 4 N–H and O–H groups in total. The average molecular weight is 271 g/mol. The Kier molecular flexibility index (Phi) is 3.18. The molecule has 98 valence electrons. The normalized spacial score (nSPS) is 20.4. The van der Waals surface area contributed by atoms with Gasteiger partial charge in [0.1, 0.15) is 18.0 Å². The number of nitrogens with zero attached hydrogens (tertiary/aromatic N) is 3. The van der Waals surface area contributed by atoms with Gasteiger partial charge in [0.05, 0.1) is 5.75 Å². The zero-order valence-corrected chi connectivity index (χ0v) is 10.3. The van der Waals surface area contributed by atoms with Crippen molar-refractivity contribution in [2.45, 2.75) is 6.42 Å². The van der Waals surface area contributed by atoms with Crippen molar-refractivity contribution in [3.8, 4) is 0 Å². The predicted octanol–water partition coefficient (Wildman–Crippen LogP) is -1.30. The van der Waals surface area contributed by atoms with Crippen molar-refractivity contribution in [2.24, 2.45) is 11.1 Å². The Bertz CT molecular complexity index is 573. The van der Waals surface area contributed by atoms with Crippen LogP contribution in [-0.2, 0) is 14.8 Å². The fourth-order valence-electron chi connectivity index (χ4n) is 1.95. The average Bonchev–Trinajstić information content (AvgIpc) is 2.56. The lowest BCUT2D eigenvalue weighted by Gasteiger charge is -2.15. The molecule has 1 aromatic rings. The fourth-order valence-corrected chi connectivity index (χ4v) is 2.83. The van der Waals surface area contributed by atoms with Crippen LogP contribution < -0.4 is 15.8 Å². The van der Waals surface area contributed by atoms with Gasteiger partial charge in [-0.05, 0) is 0 Å². The van der Waals surface area contributed by atoms with Gasteiger partial charge in [-0.3, -0.25) is 9.69 Å². The van der Waals surface area contributed by atoms with Crippen LogP contribution in [0.15, 0.2) is 12.4 Å². The van der Waals surface area contributed by atoms with Crippen molar-refractivity contribution < 1.29 is 13.2 Å². The van der Waals surface area contributed by atoms with Crippen LogP contribution in [0.4, 0.5) is 11.6 Å². The first-order valence-electron chi connectivity index (χ1n) is 5.23. The van der Waals surface area contributed by atoms with Crippen LogP contribution >= 0.6 is 0 Å². The van der Waals surface area contributed by atoms with Gasteiger partial charge in [-0.1, -0.05) is 0 Å². The summed E-state index contributed by atoms with van der Waals surface area (Å²) in [5.74, 6) is -0.0898. The Labute approximate surface area is 104 Å². The van der Waals surface area contributed by atoms with Gasteiger partial charge in [0.15, 0.2) is 0 Å². The van der Waals surface area contributed by atoms with Gasteiger partial charge in [0, 0.05) is 24.9 Å². The molecule has 0 radical (unpaired) electrons. The number of primary sulfonamides is 1. The number of anilines is 2. The molecule has 1 fully saturated rings. The highest BCUT2D eigenvalue weighted by atomic mass is 32.2. The van der Waals surface area contributed by atoms with Gasteiger partial charge in [0.2, 0.25) is 15.9 Å². The summed E-state index contributed by atoms with van der Waals surface area (Å²) in [4.78, 5) is 20.8. The van der Waals surface area contributed by atoms with Crippen LogP contribution in [0, 0.1) is 5.92 Å². The van der Waals surface area contributed by atoms with Crippen LogP contribution in [0.3, 0.4) is 0 Å². The summed E-state index contributed by atoms with van der Waals surface area (Å²) in [6, 6.07) is 1.47. The Hall–Kier alpha value is -1.74. The third-order valence-corrected chi connectivity index (χ3v) is 3.56. The largest absolute Gasteiger partial charge is 0.384 e. The molecule has 1 amide bonds. The number of amides is 1. The van der Waals surface area contributed by atoms with Gasteiger partial charge in [-0.15, -0.1) is 0 Å². The molecular weight excluding hydrogens is 258 g/mol. The summed E-state index contributed by atoms with van der Waals surface area (Å²) in [6.45, 7) is 0.270. The van der Waals surface area contributed by atoms with E-state index in [1.807, 2.05) is 0 Å². The molecule has 18 heavy (non-hydrogen) atoms. The maximum atomic E-state index is 11.8. The summed E-state index contributed by atoms with van der Waals surface area (Å²) in [7, 11) is -3.58. The van der Waals surface area contributed by atoms with Gasteiger partial charge in [-0.2, -0.15) is 0 Å². The zero-order valence-electron chi connectivity index (χ0n) is 9.48. The highest BCUT2D eigenvalue weighted by molar-refractivity contribution is 7.89. The van der Waals surface area contributed by atoms with Crippen LogP contribution in [0.2, 0.25) is 0 Å². The molecular formula is C9H13N5O3S. The van der Waals surface area contributed by atoms with Gasteiger partial charge in [0.25, 0.3) is 0 Å². The van der Waals surface area contributed by atoms with E-state index < -0.39 is 10.0 Å². The first kappa shape index (κ1) is 12.7. The second-order valence-electron chi connectivity index (χ2n) is 4.21. The zero-order chi connectivity index (χ0) is 13.3. The molecule has 1 unspecified atom stereocenters. The third-order valence-electron chi connectivity index (χ3n) is 2.62. The predicted molar refractivity (Wildman–Crippen MR) is 64.9 cm³/mol. The molecule has 2 heterocycles. The number of nitrogens with two attached hydrogens (primary N) is 2. The smallest absolute Gasteiger partial charge is 0.228 e. The number of hydrogen-bond acceptors (Lipinski definition) is 6. The second kappa shape index (κ2) is 4.50. The second-order valence-corrected chi connectivity index (χ2v) is 5.86. The fraction of sp³-hybridized carbons (Fsp3) is 0.444. The molecule has 0 aliphatic carbocycles. The molecule has 1 atom stereocenters. The lowest BCUT2D eigenvalue weighted by Crippen LogP contribution is -2.28. The summed E-state index contributed by atoms with van der Waals surface area (Å²) >= 11 is 0. The summed E-state index contributed by atoms with van der Waals surface area (Å²) in [5, 5.41) is 4.97. The van der Waals surface area contributed by atoms with Crippen LogP contribution in [-0.4, -0.2) is 36.6 Å². The monoisotopic (exact) mass is 271 g/mol. The number of carbonyl (C=O) groups is 1. The topological polar surface area (TPSA) is 132 Å². The van der Waals surface area contributed by atoms with Crippen LogP contribution in [0.25, 0.3) is 0 Å². The highest BCUT2D eigenvalue weighted by Crippen LogP contribution is 2.24. The van der Waals surface area contributed by atoms with Crippen molar-refractivity contribution in [1.82, 2.24) is 9.97 Å². The molecule has 1 aliphatic rings. The quantitative estimate of drug-likeness (QED) is 0.702. The van der Waals surface area contributed by atoms with Crippen LogP contribution in [0.5, 0.6) is 0 Å². The summed E-state index contributed by atoms with van der Waals surface area (Å²) in [6.07, 6.45) is 1.39. The van der Waals surface area contributed by atoms with E-state index in [1.54, 1.807) is 0 Å². The summed E-state index contributed by atoms with van der Waals surface area (Å²) in [5.41, 5.74) is 5.50. The minimum atomic E-state index is -3.58. The maximum Gasteiger partial charge on any atom is 0.228 e. The van der Waals surface area contributed by atoms with E-state index in [0.717, 1.165) is 0 Å². The Balaban J connectivity index is 2.15. The molecule has 0 spiro atoms. The standard InChI is InChI=1S/C9H13N5O3S/c10-7-2-8(13-5-12-7)14-3-6(1-9(14)15)4-18(11,16)17/h2,5-6H,1,3-4H2,(H2,10,12,13)(H2,11,16,17). The number of carbonyl (C=O) groups excluding carboxylic acids is 1. The highest BCUT2D eigenvalue weighted by Gasteiger charge is 2.33. The molecule has 1 aromatic heterocycles. The first-order chi connectivity index (χ1) is 8.35. The maximum absolute atomic E-state index is 11.8. The third kappa shape index (κ3) is 2.93. The molecule has 2 rings (SSSR count). The molecule has 0 aromatic carbocycles. The molecule has 1 aliphatic heterocycles. The number of sulfonamides is 1. The van der Waals surface area contributed by atoms with E-state index in [1.165, 1.54) is 17.3 Å². The van der Waals surface area contributed by atoms with Gasteiger partial charge >= 0.3 is 0 Å².